The van der Waals surface area contributed by atoms with Gasteiger partial charge in [0.1, 0.15) is 0 Å². The summed E-state index contributed by atoms with van der Waals surface area (Å²) < 4.78 is 0. The average molecular weight is 233 g/mol. The Kier molecular flexibility index (Phi) is 4.09. The summed E-state index contributed by atoms with van der Waals surface area (Å²) in [6.45, 7) is 1.19. The van der Waals surface area contributed by atoms with Gasteiger partial charge in [0.05, 0.1) is 6.54 Å². The lowest BCUT2D eigenvalue weighted by Gasteiger charge is -2.17. The van der Waals surface area contributed by atoms with Crippen LogP contribution in [0.3, 0.4) is 0 Å². The first-order valence-corrected chi connectivity index (χ1v) is 6.13. The standard InChI is InChI=1S/C13H19N3O/c1-16(13(17)10-15-12-5-6-12)9-7-11-4-2-3-8-14-11/h2-4,8,12,15H,5-7,9-10H2,1H3. The van der Waals surface area contributed by atoms with Crippen LogP contribution in [0.5, 0.6) is 0 Å². The molecule has 1 heterocycles. The number of hydrogen-bond donors (Lipinski definition) is 1. The maximum Gasteiger partial charge on any atom is 0.236 e. The zero-order valence-corrected chi connectivity index (χ0v) is 10.2. The number of rotatable bonds is 6. The van der Waals surface area contributed by atoms with Crippen molar-refractivity contribution in [2.24, 2.45) is 0 Å². The van der Waals surface area contributed by atoms with Crippen molar-refractivity contribution in [3.63, 3.8) is 0 Å². The summed E-state index contributed by atoms with van der Waals surface area (Å²) >= 11 is 0. The Morgan fingerprint density at radius 3 is 3.00 bits per heavy atom. The summed E-state index contributed by atoms with van der Waals surface area (Å²) in [6, 6.07) is 6.44. The number of carbonyl (C=O) groups excluding carboxylic acids is 1. The Bertz CT molecular complexity index is 362. The highest BCUT2D eigenvalue weighted by atomic mass is 16.2. The fraction of sp³-hybridized carbons (Fsp3) is 0.538. The van der Waals surface area contributed by atoms with Crippen LogP contribution >= 0.6 is 0 Å². The van der Waals surface area contributed by atoms with Gasteiger partial charge in [-0.2, -0.15) is 0 Å². The van der Waals surface area contributed by atoms with Gasteiger partial charge in [0.25, 0.3) is 0 Å². The van der Waals surface area contributed by atoms with Crippen LogP contribution in [0, 0.1) is 0 Å². The number of hydrogen-bond acceptors (Lipinski definition) is 3. The van der Waals surface area contributed by atoms with E-state index in [9.17, 15) is 4.79 Å². The van der Waals surface area contributed by atoms with E-state index in [1.54, 1.807) is 11.1 Å². The summed E-state index contributed by atoms with van der Waals surface area (Å²) in [5.41, 5.74) is 1.03. The fourth-order valence-corrected chi connectivity index (χ4v) is 1.61. The van der Waals surface area contributed by atoms with Crippen molar-refractivity contribution in [3.8, 4) is 0 Å². The van der Waals surface area contributed by atoms with Crippen molar-refractivity contribution in [2.45, 2.75) is 25.3 Å². The molecule has 1 aliphatic carbocycles. The molecular formula is C13H19N3O. The normalized spacial score (nSPS) is 14.6. The van der Waals surface area contributed by atoms with Crippen molar-refractivity contribution in [1.29, 1.82) is 0 Å². The molecular weight excluding hydrogens is 214 g/mol. The summed E-state index contributed by atoms with van der Waals surface area (Å²) in [5, 5.41) is 3.23. The maximum absolute atomic E-state index is 11.7. The molecule has 1 aromatic rings. The second kappa shape index (κ2) is 5.77. The lowest BCUT2D eigenvalue weighted by Crippen LogP contribution is -2.37. The van der Waals surface area contributed by atoms with Gasteiger partial charge in [0, 0.05) is 37.9 Å². The van der Waals surface area contributed by atoms with Gasteiger partial charge < -0.3 is 10.2 Å². The molecule has 17 heavy (non-hydrogen) atoms. The highest BCUT2D eigenvalue weighted by Gasteiger charge is 2.21. The third kappa shape index (κ3) is 4.15. The molecule has 0 radical (unpaired) electrons. The largest absolute Gasteiger partial charge is 0.344 e. The summed E-state index contributed by atoms with van der Waals surface area (Å²) in [5.74, 6) is 0.160. The molecule has 1 N–H and O–H groups in total. The van der Waals surface area contributed by atoms with Gasteiger partial charge in [-0.05, 0) is 25.0 Å². The molecule has 0 atom stereocenters. The predicted octanol–water partition coefficient (Wildman–Crippen LogP) is 0.834. The molecule has 4 nitrogen and oxygen atoms in total. The molecule has 0 aliphatic heterocycles. The van der Waals surface area contributed by atoms with Crippen LogP contribution in [-0.4, -0.2) is 42.0 Å². The van der Waals surface area contributed by atoms with Crippen molar-refractivity contribution in [1.82, 2.24) is 15.2 Å². The highest BCUT2D eigenvalue weighted by Crippen LogP contribution is 2.18. The summed E-state index contributed by atoms with van der Waals surface area (Å²) in [4.78, 5) is 17.7. The molecule has 0 unspecified atom stereocenters. The molecule has 92 valence electrons. The second-order valence-electron chi connectivity index (χ2n) is 4.54. The first-order valence-electron chi connectivity index (χ1n) is 6.13. The minimum absolute atomic E-state index is 0.160. The maximum atomic E-state index is 11.7. The number of amides is 1. The van der Waals surface area contributed by atoms with Gasteiger partial charge >= 0.3 is 0 Å². The van der Waals surface area contributed by atoms with Gasteiger partial charge in [-0.3, -0.25) is 9.78 Å². The molecule has 0 bridgehead atoms. The fourth-order valence-electron chi connectivity index (χ4n) is 1.61. The van der Waals surface area contributed by atoms with Crippen LogP contribution in [0.2, 0.25) is 0 Å². The Hall–Kier alpha value is -1.42. The molecule has 1 amide bonds. The zero-order chi connectivity index (χ0) is 12.1. The van der Waals surface area contributed by atoms with Crippen LogP contribution in [0.4, 0.5) is 0 Å². The third-order valence-corrected chi connectivity index (χ3v) is 2.97. The zero-order valence-electron chi connectivity index (χ0n) is 10.2. The Labute approximate surface area is 102 Å². The number of nitrogens with zero attached hydrogens (tertiary/aromatic N) is 2. The quantitative estimate of drug-likeness (QED) is 0.791. The van der Waals surface area contributed by atoms with Crippen LogP contribution < -0.4 is 5.32 Å². The van der Waals surface area contributed by atoms with E-state index >= 15 is 0 Å². The molecule has 2 rings (SSSR count). The van der Waals surface area contributed by atoms with Gasteiger partial charge in [-0.15, -0.1) is 0 Å². The first-order chi connectivity index (χ1) is 8.25. The van der Waals surface area contributed by atoms with E-state index in [0.29, 0.717) is 12.6 Å². The minimum atomic E-state index is 0.160. The first kappa shape index (κ1) is 12.0. The van der Waals surface area contributed by atoms with Gasteiger partial charge in [0.15, 0.2) is 0 Å². The summed E-state index contributed by atoms with van der Waals surface area (Å²) in [6.07, 6.45) is 5.02. The monoisotopic (exact) mass is 233 g/mol. The molecule has 0 aromatic carbocycles. The molecule has 1 saturated carbocycles. The van der Waals surface area contributed by atoms with E-state index in [4.69, 9.17) is 0 Å². The van der Waals surface area contributed by atoms with Gasteiger partial charge in [-0.25, -0.2) is 0 Å². The Morgan fingerprint density at radius 1 is 1.53 bits per heavy atom. The van der Waals surface area contributed by atoms with Crippen molar-refractivity contribution in [2.75, 3.05) is 20.1 Å². The molecule has 0 spiro atoms. The molecule has 4 heteroatoms. The smallest absolute Gasteiger partial charge is 0.236 e. The third-order valence-electron chi connectivity index (χ3n) is 2.97. The van der Waals surface area contributed by atoms with Crippen molar-refractivity contribution in [3.05, 3.63) is 30.1 Å². The van der Waals surface area contributed by atoms with Crippen molar-refractivity contribution < 1.29 is 4.79 Å². The number of pyridine rings is 1. The number of carbonyl (C=O) groups is 1. The average Bonchev–Trinajstić information content (AvgIpc) is 3.18. The number of nitrogens with one attached hydrogen (secondary N) is 1. The van der Waals surface area contributed by atoms with E-state index in [2.05, 4.69) is 10.3 Å². The predicted molar refractivity (Wildman–Crippen MR) is 66.6 cm³/mol. The van der Waals surface area contributed by atoms with Crippen molar-refractivity contribution >= 4 is 5.91 Å². The van der Waals surface area contributed by atoms with E-state index in [1.807, 2.05) is 25.2 Å². The molecule has 1 fully saturated rings. The van der Waals surface area contributed by atoms with E-state index in [0.717, 1.165) is 18.7 Å². The van der Waals surface area contributed by atoms with E-state index in [-0.39, 0.29) is 5.91 Å². The van der Waals surface area contributed by atoms with Gasteiger partial charge in [0.2, 0.25) is 5.91 Å². The highest BCUT2D eigenvalue weighted by molar-refractivity contribution is 5.78. The lowest BCUT2D eigenvalue weighted by atomic mass is 10.2. The SMILES string of the molecule is CN(CCc1ccccn1)C(=O)CNC1CC1. The molecule has 1 aliphatic rings. The second-order valence-corrected chi connectivity index (χ2v) is 4.54. The minimum Gasteiger partial charge on any atom is -0.344 e. The van der Waals surface area contributed by atoms with E-state index in [1.165, 1.54) is 12.8 Å². The van der Waals surface area contributed by atoms with E-state index < -0.39 is 0 Å². The van der Waals surface area contributed by atoms with Crippen LogP contribution in [-0.2, 0) is 11.2 Å². The number of likely N-dealkylation sites (N-methyl/N-ethyl adjacent to an activating group) is 1. The van der Waals surface area contributed by atoms with Crippen LogP contribution in [0.25, 0.3) is 0 Å². The Morgan fingerprint density at radius 2 is 2.35 bits per heavy atom. The lowest BCUT2D eigenvalue weighted by molar-refractivity contribution is -0.128. The number of aromatic nitrogens is 1. The molecule has 0 saturated heterocycles. The molecule has 1 aromatic heterocycles. The van der Waals surface area contributed by atoms with Gasteiger partial charge in [-0.1, -0.05) is 6.07 Å². The topological polar surface area (TPSA) is 45.2 Å². The summed E-state index contributed by atoms with van der Waals surface area (Å²) in [7, 11) is 1.85. The van der Waals surface area contributed by atoms with Crippen LogP contribution in [0.15, 0.2) is 24.4 Å². The Balaban J connectivity index is 1.68. The van der Waals surface area contributed by atoms with Crippen LogP contribution in [0.1, 0.15) is 18.5 Å².